The normalized spacial score (nSPS) is 11.2. The van der Waals surface area contributed by atoms with E-state index >= 15 is 0 Å². The maximum Gasteiger partial charge on any atom is 0.198 e. The number of nitrogen functional groups attached to an aromatic ring is 1. The van der Waals surface area contributed by atoms with Crippen molar-refractivity contribution in [2.24, 2.45) is 0 Å². The highest BCUT2D eigenvalue weighted by molar-refractivity contribution is 7.13. The van der Waals surface area contributed by atoms with Crippen LogP contribution in [0.1, 0.15) is 6.92 Å². The number of anilines is 1. The largest absolute Gasteiger partial charge is 0.375 e. The fourth-order valence-electron chi connectivity index (χ4n) is 2.24. The average molecular weight is 307 g/mol. The number of nitrogens with zero attached hydrogens (tertiary/aromatic N) is 2. The first kappa shape index (κ1) is 13.7. The Balaban J connectivity index is 2.41. The summed E-state index contributed by atoms with van der Waals surface area (Å²) < 4.78 is 28.5. The zero-order valence-electron chi connectivity index (χ0n) is 11.1. The third kappa shape index (κ3) is 2.19. The molecule has 0 aliphatic heterocycles. The van der Waals surface area contributed by atoms with E-state index in [-0.39, 0.29) is 10.8 Å². The Kier molecular flexibility index (Phi) is 3.21. The first-order valence-corrected chi connectivity index (χ1v) is 7.12. The van der Waals surface area contributed by atoms with E-state index < -0.39 is 11.6 Å². The number of thiazole rings is 1. The van der Waals surface area contributed by atoms with Crippen LogP contribution in [0.2, 0.25) is 0 Å². The zero-order valence-corrected chi connectivity index (χ0v) is 11.9. The van der Waals surface area contributed by atoms with Crippen molar-refractivity contribution in [1.82, 2.24) is 9.55 Å². The predicted molar refractivity (Wildman–Crippen MR) is 79.3 cm³/mol. The summed E-state index contributed by atoms with van der Waals surface area (Å²) >= 11 is 1.22. The molecule has 4 nitrogen and oxygen atoms in total. The lowest BCUT2D eigenvalue weighted by Crippen LogP contribution is -2.12. The maximum absolute atomic E-state index is 13.4. The number of aromatic nitrogens is 2. The van der Waals surface area contributed by atoms with Crippen molar-refractivity contribution < 1.29 is 8.78 Å². The summed E-state index contributed by atoms with van der Waals surface area (Å²) in [4.78, 5) is 16.6. The highest BCUT2D eigenvalue weighted by atomic mass is 32.1. The fourth-order valence-corrected chi connectivity index (χ4v) is 2.80. The Morgan fingerprint density at radius 1 is 1.33 bits per heavy atom. The minimum absolute atomic E-state index is 0.125. The molecule has 0 amide bonds. The molecule has 2 heterocycles. The lowest BCUT2D eigenvalue weighted by atomic mass is 10.1. The molecule has 3 aromatic rings. The standard InChI is InChI=1S/C14H11F2N3OS/c1-2-19-5-8(11-6-21-14(17)18-11)13(20)7-3-9(15)10(16)4-12(7)19/h3-6H,2H2,1H3,(H2,17,18). The Morgan fingerprint density at radius 2 is 2.05 bits per heavy atom. The molecule has 0 saturated heterocycles. The Bertz CT molecular complexity index is 901. The van der Waals surface area contributed by atoms with Crippen LogP contribution in [-0.4, -0.2) is 9.55 Å². The summed E-state index contributed by atoms with van der Waals surface area (Å²) in [6.45, 7) is 2.36. The van der Waals surface area contributed by atoms with Gasteiger partial charge in [-0.15, -0.1) is 11.3 Å². The van der Waals surface area contributed by atoms with Gasteiger partial charge in [0.05, 0.1) is 16.8 Å². The fraction of sp³-hybridized carbons (Fsp3) is 0.143. The van der Waals surface area contributed by atoms with Gasteiger partial charge in [-0.05, 0) is 13.0 Å². The third-order valence-corrected chi connectivity index (χ3v) is 3.93. The van der Waals surface area contributed by atoms with Crippen LogP contribution in [0, 0.1) is 11.6 Å². The molecule has 0 aliphatic rings. The molecule has 0 saturated carbocycles. The van der Waals surface area contributed by atoms with Crippen molar-refractivity contribution in [2.75, 3.05) is 5.73 Å². The third-order valence-electron chi connectivity index (χ3n) is 3.26. The lowest BCUT2D eigenvalue weighted by Gasteiger charge is -2.11. The Morgan fingerprint density at radius 3 is 2.67 bits per heavy atom. The second-order valence-corrected chi connectivity index (χ2v) is 5.40. The minimum Gasteiger partial charge on any atom is -0.375 e. The number of hydrogen-bond donors (Lipinski definition) is 1. The van der Waals surface area contributed by atoms with E-state index in [0.717, 1.165) is 12.1 Å². The smallest absolute Gasteiger partial charge is 0.198 e. The topological polar surface area (TPSA) is 60.9 Å². The summed E-state index contributed by atoms with van der Waals surface area (Å²) in [6.07, 6.45) is 1.59. The number of nitrogens with two attached hydrogens (primary N) is 1. The van der Waals surface area contributed by atoms with Crippen molar-refractivity contribution in [3.8, 4) is 11.3 Å². The second-order valence-electron chi connectivity index (χ2n) is 4.51. The van der Waals surface area contributed by atoms with E-state index in [9.17, 15) is 13.6 Å². The highest BCUT2D eigenvalue weighted by Crippen LogP contribution is 2.24. The quantitative estimate of drug-likeness (QED) is 0.791. The van der Waals surface area contributed by atoms with Gasteiger partial charge < -0.3 is 10.3 Å². The van der Waals surface area contributed by atoms with Gasteiger partial charge in [0.15, 0.2) is 22.2 Å². The monoisotopic (exact) mass is 307 g/mol. The molecule has 1 aromatic carbocycles. The molecule has 0 unspecified atom stereocenters. The van der Waals surface area contributed by atoms with Crippen molar-refractivity contribution in [3.05, 3.63) is 45.6 Å². The molecular weight excluding hydrogens is 296 g/mol. The molecule has 0 spiro atoms. The van der Waals surface area contributed by atoms with Gasteiger partial charge >= 0.3 is 0 Å². The number of fused-ring (bicyclic) bond motifs is 1. The van der Waals surface area contributed by atoms with Crippen LogP contribution in [0.15, 0.2) is 28.5 Å². The van der Waals surface area contributed by atoms with E-state index in [1.807, 2.05) is 6.92 Å². The van der Waals surface area contributed by atoms with E-state index in [2.05, 4.69) is 4.98 Å². The second kappa shape index (κ2) is 4.92. The van der Waals surface area contributed by atoms with Gasteiger partial charge in [0.1, 0.15) is 0 Å². The molecule has 108 valence electrons. The zero-order chi connectivity index (χ0) is 15.1. The molecule has 21 heavy (non-hydrogen) atoms. The van der Waals surface area contributed by atoms with Crippen molar-refractivity contribution in [1.29, 1.82) is 0 Å². The molecule has 0 bridgehead atoms. The van der Waals surface area contributed by atoms with Crippen LogP contribution >= 0.6 is 11.3 Å². The number of rotatable bonds is 2. The number of pyridine rings is 1. The van der Waals surface area contributed by atoms with Gasteiger partial charge in [-0.2, -0.15) is 0 Å². The molecule has 7 heteroatoms. The van der Waals surface area contributed by atoms with Crippen LogP contribution in [-0.2, 0) is 6.54 Å². The van der Waals surface area contributed by atoms with E-state index in [0.29, 0.717) is 28.5 Å². The van der Waals surface area contributed by atoms with Crippen LogP contribution in [0.5, 0.6) is 0 Å². The highest BCUT2D eigenvalue weighted by Gasteiger charge is 2.15. The summed E-state index contributed by atoms with van der Waals surface area (Å²) in [7, 11) is 0. The molecule has 0 fully saturated rings. The van der Waals surface area contributed by atoms with Gasteiger partial charge in [0.25, 0.3) is 0 Å². The van der Waals surface area contributed by atoms with E-state index in [1.165, 1.54) is 11.3 Å². The lowest BCUT2D eigenvalue weighted by molar-refractivity contribution is 0.510. The molecule has 3 rings (SSSR count). The van der Waals surface area contributed by atoms with Crippen molar-refractivity contribution in [3.63, 3.8) is 0 Å². The first-order chi connectivity index (χ1) is 10.0. The van der Waals surface area contributed by atoms with Crippen molar-refractivity contribution >= 4 is 27.4 Å². The van der Waals surface area contributed by atoms with Gasteiger partial charge in [-0.25, -0.2) is 13.8 Å². The van der Waals surface area contributed by atoms with Crippen LogP contribution in [0.3, 0.4) is 0 Å². The molecule has 2 N–H and O–H groups in total. The molecule has 2 aromatic heterocycles. The molecule has 0 atom stereocenters. The number of aryl methyl sites for hydroxylation is 1. The summed E-state index contributed by atoms with van der Waals surface area (Å²) in [6, 6.07) is 1.97. The Hall–Kier alpha value is -2.28. The summed E-state index contributed by atoms with van der Waals surface area (Å²) in [5.41, 5.74) is 6.31. The van der Waals surface area contributed by atoms with Crippen LogP contribution < -0.4 is 11.2 Å². The summed E-state index contributed by atoms with van der Waals surface area (Å²) in [5.74, 6) is -2.02. The molecule has 0 radical (unpaired) electrons. The minimum atomic E-state index is -1.04. The molecular formula is C14H11F2N3OS. The number of halogens is 2. The SMILES string of the molecule is CCn1cc(-c2csc(N)n2)c(=O)c2cc(F)c(F)cc21. The number of hydrogen-bond acceptors (Lipinski definition) is 4. The van der Waals surface area contributed by atoms with Crippen molar-refractivity contribution in [2.45, 2.75) is 13.5 Å². The average Bonchev–Trinajstić information content (AvgIpc) is 2.88. The van der Waals surface area contributed by atoms with Gasteiger partial charge in [-0.1, -0.05) is 0 Å². The summed E-state index contributed by atoms with van der Waals surface area (Å²) in [5, 5.41) is 2.13. The van der Waals surface area contributed by atoms with Gasteiger partial charge in [0.2, 0.25) is 0 Å². The van der Waals surface area contributed by atoms with E-state index in [1.54, 1.807) is 16.1 Å². The van der Waals surface area contributed by atoms with Gasteiger partial charge in [-0.3, -0.25) is 4.79 Å². The van der Waals surface area contributed by atoms with Crippen LogP contribution in [0.4, 0.5) is 13.9 Å². The molecule has 0 aliphatic carbocycles. The van der Waals surface area contributed by atoms with E-state index in [4.69, 9.17) is 5.73 Å². The first-order valence-electron chi connectivity index (χ1n) is 6.24. The predicted octanol–water partition coefficient (Wildman–Crippen LogP) is 3.01. The van der Waals surface area contributed by atoms with Gasteiger partial charge in [0, 0.05) is 29.6 Å². The maximum atomic E-state index is 13.4. The Labute approximate surface area is 122 Å². The van der Waals surface area contributed by atoms with Crippen LogP contribution in [0.25, 0.3) is 22.2 Å². The number of benzene rings is 1.